The van der Waals surface area contributed by atoms with Crippen LogP contribution in [0, 0.1) is 6.92 Å². The van der Waals surface area contributed by atoms with Crippen LogP contribution in [-0.2, 0) is 10.0 Å². The first kappa shape index (κ1) is 22.0. The predicted octanol–water partition coefficient (Wildman–Crippen LogP) is 3.02. The number of nitrogens with zero attached hydrogens (tertiary/aromatic N) is 3. The molecule has 162 valence electrons. The van der Waals surface area contributed by atoms with Gasteiger partial charge in [-0.1, -0.05) is 24.3 Å². The molecule has 0 radical (unpaired) electrons. The van der Waals surface area contributed by atoms with Gasteiger partial charge in [0.2, 0.25) is 21.6 Å². The largest absolute Gasteiger partial charge is 0.477 e. The molecule has 2 aromatic carbocycles. The maximum atomic E-state index is 13.1. The quantitative estimate of drug-likeness (QED) is 0.541. The molecule has 3 aromatic rings. The lowest BCUT2D eigenvalue weighted by molar-refractivity contribution is 0.325. The molecule has 1 heterocycles. The molecule has 0 aliphatic heterocycles. The minimum atomic E-state index is -3.56. The Hall–Kier alpha value is -3.73. The third-order valence-corrected chi connectivity index (χ3v) is 4.64. The van der Waals surface area contributed by atoms with E-state index in [2.05, 4.69) is 19.9 Å². The first-order valence-electron chi connectivity index (χ1n) is 9.27. The van der Waals surface area contributed by atoms with Crippen LogP contribution in [0.3, 0.4) is 0 Å². The van der Waals surface area contributed by atoms with Crippen LogP contribution >= 0.6 is 0 Å². The Morgan fingerprint density at radius 1 is 1.10 bits per heavy atom. The van der Waals surface area contributed by atoms with E-state index in [1.54, 1.807) is 62.4 Å². The maximum absolute atomic E-state index is 13.1. The van der Waals surface area contributed by atoms with Crippen molar-refractivity contribution in [2.24, 2.45) is 10.2 Å². The molecule has 0 saturated carbocycles. The van der Waals surface area contributed by atoms with Gasteiger partial charge in [-0.2, -0.15) is 0 Å². The summed E-state index contributed by atoms with van der Waals surface area (Å²) in [6.07, 6.45) is 1.02. The average molecular weight is 443 g/mol. The number of aromatic nitrogens is 2. The van der Waals surface area contributed by atoms with Crippen LogP contribution in [0.25, 0.3) is 5.69 Å². The monoisotopic (exact) mass is 443 g/mol. The normalized spacial score (nSPS) is 11.6. The number of azo groups is 1. The summed E-state index contributed by atoms with van der Waals surface area (Å²) >= 11 is 0. The maximum Gasteiger partial charge on any atom is 0.335 e. The van der Waals surface area contributed by atoms with E-state index in [0.29, 0.717) is 5.69 Å². The smallest absolute Gasteiger partial charge is 0.335 e. The van der Waals surface area contributed by atoms with E-state index < -0.39 is 21.3 Å². The van der Waals surface area contributed by atoms with Crippen LogP contribution in [0.2, 0.25) is 0 Å². The second-order valence-electron chi connectivity index (χ2n) is 6.61. The topological polar surface area (TPSA) is 135 Å². The number of aromatic amines is 1. The number of benzene rings is 2. The van der Waals surface area contributed by atoms with Gasteiger partial charge in [0.15, 0.2) is 0 Å². The molecular weight excluding hydrogens is 422 g/mol. The molecule has 2 N–H and O–H groups in total. The molecule has 10 nitrogen and oxygen atoms in total. The van der Waals surface area contributed by atoms with Crippen molar-refractivity contribution in [2.45, 2.75) is 13.8 Å². The van der Waals surface area contributed by atoms with Crippen LogP contribution in [0.15, 0.2) is 68.3 Å². The lowest BCUT2D eigenvalue weighted by atomic mass is 10.2. The summed E-state index contributed by atoms with van der Waals surface area (Å²) in [4.78, 5) is 28.1. The van der Waals surface area contributed by atoms with Crippen LogP contribution < -0.4 is 20.7 Å². The van der Waals surface area contributed by atoms with E-state index in [1.807, 2.05) is 0 Å². The van der Waals surface area contributed by atoms with Gasteiger partial charge in [-0.25, -0.2) is 17.8 Å². The number of anilines is 1. The zero-order valence-corrected chi connectivity index (χ0v) is 17.9. The van der Waals surface area contributed by atoms with Gasteiger partial charge >= 0.3 is 5.69 Å². The molecule has 11 heteroatoms. The molecule has 0 amide bonds. The SMILES string of the molecule is CCOc1[nH]c(=O)n(-c2ccccc2)c(=O)c1/N=N/c1cc(C)ccc1NS(C)(=O)=O. The van der Waals surface area contributed by atoms with Crippen LogP contribution in [0.5, 0.6) is 5.88 Å². The number of rotatable bonds is 7. The fourth-order valence-electron chi connectivity index (χ4n) is 2.77. The highest BCUT2D eigenvalue weighted by atomic mass is 32.2. The number of aryl methyl sites for hydroxylation is 1. The Morgan fingerprint density at radius 2 is 1.81 bits per heavy atom. The van der Waals surface area contributed by atoms with Crippen molar-refractivity contribution < 1.29 is 13.2 Å². The third-order valence-electron chi connectivity index (χ3n) is 4.05. The molecule has 0 unspecified atom stereocenters. The number of nitrogens with one attached hydrogen (secondary N) is 2. The number of hydrogen-bond donors (Lipinski definition) is 2. The third kappa shape index (κ3) is 5.25. The number of para-hydroxylation sites is 1. The van der Waals surface area contributed by atoms with E-state index in [0.717, 1.165) is 16.4 Å². The van der Waals surface area contributed by atoms with Crippen LogP contribution in [0.1, 0.15) is 12.5 Å². The highest BCUT2D eigenvalue weighted by Gasteiger charge is 2.17. The summed E-state index contributed by atoms with van der Waals surface area (Å²) in [5, 5.41) is 8.09. The highest BCUT2D eigenvalue weighted by molar-refractivity contribution is 7.92. The predicted molar refractivity (Wildman–Crippen MR) is 118 cm³/mol. The second kappa shape index (κ2) is 8.96. The molecule has 0 atom stereocenters. The Labute approximate surface area is 178 Å². The van der Waals surface area contributed by atoms with Crippen molar-refractivity contribution in [1.82, 2.24) is 9.55 Å². The van der Waals surface area contributed by atoms with Gasteiger partial charge in [0, 0.05) is 0 Å². The van der Waals surface area contributed by atoms with Crippen LogP contribution in [0.4, 0.5) is 17.1 Å². The second-order valence-corrected chi connectivity index (χ2v) is 8.36. The molecule has 3 rings (SSSR count). The first-order valence-corrected chi connectivity index (χ1v) is 11.2. The first-order chi connectivity index (χ1) is 14.7. The van der Waals surface area contributed by atoms with Gasteiger partial charge in [0.1, 0.15) is 5.69 Å². The van der Waals surface area contributed by atoms with Gasteiger partial charge in [0.25, 0.3) is 5.56 Å². The van der Waals surface area contributed by atoms with Gasteiger partial charge in [-0.05, 0) is 43.7 Å². The van der Waals surface area contributed by atoms with E-state index >= 15 is 0 Å². The number of ether oxygens (including phenoxy) is 1. The summed E-state index contributed by atoms with van der Waals surface area (Å²) in [5.41, 5.74) is -0.0880. The van der Waals surface area contributed by atoms with Crippen molar-refractivity contribution in [3.63, 3.8) is 0 Å². The summed E-state index contributed by atoms with van der Waals surface area (Å²) in [7, 11) is -3.56. The van der Waals surface area contributed by atoms with Crippen molar-refractivity contribution in [2.75, 3.05) is 17.6 Å². The molecule has 0 aliphatic carbocycles. The summed E-state index contributed by atoms with van der Waals surface area (Å²) in [5.74, 6) is -0.126. The van der Waals surface area contributed by atoms with E-state index in [9.17, 15) is 18.0 Å². The van der Waals surface area contributed by atoms with E-state index in [-0.39, 0.29) is 29.5 Å². The Bertz CT molecular complexity index is 1340. The molecule has 0 bridgehead atoms. The molecule has 0 fully saturated rings. The number of H-pyrrole nitrogens is 1. The Kier molecular flexibility index (Phi) is 6.35. The lowest BCUT2D eigenvalue weighted by Crippen LogP contribution is -2.33. The van der Waals surface area contributed by atoms with Crippen LogP contribution in [-0.4, -0.2) is 30.8 Å². The van der Waals surface area contributed by atoms with Gasteiger partial charge < -0.3 is 4.74 Å². The molecule has 0 saturated heterocycles. The van der Waals surface area contributed by atoms with Gasteiger partial charge in [-0.15, -0.1) is 10.2 Å². The summed E-state index contributed by atoms with van der Waals surface area (Å²) in [6.45, 7) is 3.67. The molecule has 0 spiro atoms. The highest BCUT2D eigenvalue weighted by Crippen LogP contribution is 2.30. The van der Waals surface area contributed by atoms with Crippen molar-refractivity contribution in [3.8, 4) is 11.6 Å². The minimum Gasteiger partial charge on any atom is -0.477 e. The van der Waals surface area contributed by atoms with Crippen molar-refractivity contribution in [1.29, 1.82) is 0 Å². The number of sulfonamides is 1. The van der Waals surface area contributed by atoms with E-state index in [1.165, 1.54) is 0 Å². The lowest BCUT2D eigenvalue weighted by Gasteiger charge is -2.10. The summed E-state index contributed by atoms with van der Waals surface area (Å²) in [6, 6.07) is 13.2. The van der Waals surface area contributed by atoms with E-state index in [4.69, 9.17) is 4.74 Å². The fourth-order valence-corrected chi connectivity index (χ4v) is 3.34. The number of hydrogen-bond acceptors (Lipinski definition) is 7. The molecular formula is C20H21N5O5S. The average Bonchev–Trinajstić information content (AvgIpc) is 2.69. The Morgan fingerprint density at radius 3 is 2.45 bits per heavy atom. The standard InChI is InChI=1S/C20H21N5O5S/c1-4-30-18-17(19(26)25(20(27)21-18)14-8-6-5-7-9-14)23-22-16-12-13(2)10-11-15(16)24-31(3,28)29/h5-12,24H,4H2,1-3H3,(H,21,27)/b23-22+. The summed E-state index contributed by atoms with van der Waals surface area (Å²) < 4.78 is 32.0. The fraction of sp³-hybridized carbons (Fsp3) is 0.200. The molecule has 1 aromatic heterocycles. The van der Waals surface area contributed by atoms with Crippen molar-refractivity contribution in [3.05, 3.63) is 74.9 Å². The zero-order chi connectivity index (χ0) is 22.6. The van der Waals surface area contributed by atoms with Gasteiger partial charge in [0.05, 0.1) is 24.2 Å². The van der Waals surface area contributed by atoms with Gasteiger partial charge in [-0.3, -0.25) is 14.5 Å². The zero-order valence-electron chi connectivity index (χ0n) is 17.1. The molecule has 31 heavy (non-hydrogen) atoms. The minimum absolute atomic E-state index is 0.126. The molecule has 0 aliphatic rings. The Balaban J connectivity index is 2.17. The van der Waals surface area contributed by atoms with Crippen molar-refractivity contribution >= 4 is 27.1 Å².